The summed E-state index contributed by atoms with van der Waals surface area (Å²) >= 11 is 2.43. The molecule has 44 heavy (non-hydrogen) atoms. The third-order valence-corrected chi connectivity index (χ3v) is 15.3. The Kier molecular flexibility index (Phi) is 5.87. The van der Waals surface area contributed by atoms with E-state index in [2.05, 4.69) is 113 Å². The average Bonchev–Trinajstić information content (AvgIpc) is 3.56. The van der Waals surface area contributed by atoms with E-state index in [1.54, 1.807) is 14.4 Å². The number of anilines is 2. The first-order chi connectivity index (χ1) is 21.8. The van der Waals surface area contributed by atoms with E-state index in [0.29, 0.717) is 15.0 Å². The zero-order valence-corrected chi connectivity index (χ0v) is 28.1. The summed E-state index contributed by atoms with van der Waals surface area (Å²) in [7, 11) is 0. The molecular formula is C38H26BNOSSe2. The van der Waals surface area contributed by atoms with E-state index in [9.17, 15) is 0 Å². The summed E-state index contributed by atoms with van der Waals surface area (Å²) in [4.78, 5) is 2.51. The van der Waals surface area contributed by atoms with Crippen molar-refractivity contribution in [2.75, 3.05) is 4.90 Å². The van der Waals surface area contributed by atoms with E-state index >= 15 is 0 Å². The number of para-hydroxylation sites is 2. The predicted octanol–water partition coefficient (Wildman–Crippen LogP) is 4.34. The van der Waals surface area contributed by atoms with Crippen molar-refractivity contribution in [2.24, 2.45) is 0 Å². The summed E-state index contributed by atoms with van der Waals surface area (Å²) in [5.41, 5.74) is 11.1. The molecule has 2 nitrogen and oxygen atoms in total. The molecule has 6 heteroatoms. The molecule has 1 aliphatic carbocycles. The van der Waals surface area contributed by atoms with Gasteiger partial charge in [-0.25, -0.2) is 0 Å². The van der Waals surface area contributed by atoms with Gasteiger partial charge in [-0.2, -0.15) is 0 Å². The van der Waals surface area contributed by atoms with Crippen LogP contribution in [0.4, 0.5) is 11.4 Å². The number of allylic oxidation sites excluding steroid dienone is 2. The molecule has 10 rings (SSSR count). The molecule has 4 aliphatic rings. The van der Waals surface area contributed by atoms with E-state index in [4.69, 9.17) is 4.74 Å². The number of hydrogen-bond acceptors (Lipinski definition) is 3. The molecule has 0 radical (unpaired) electrons. The molecule has 1 aromatic heterocycles. The van der Waals surface area contributed by atoms with Crippen molar-refractivity contribution in [1.82, 2.24) is 0 Å². The van der Waals surface area contributed by atoms with Gasteiger partial charge in [-0.15, -0.1) is 0 Å². The molecule has 0 unspecified atom stereocenters. The van der Waals surface area contributed by atoms with Gasteiger partial charge in [0, 0.05) is 0 Å². The third kappa shape index (κ3) is 3.86. The first-order valence-electron chi connectivity index (χ1n) is 15.3. The maximum atomic E-state index is 6.45. The number of benzene rings is 5. The second kappa shape index (κ2) is 10.0. The number of rotatable bonds is 2. The van der Waals surface area contributed by atoms with Crippen LogP contribution >= 0.6 is 11.3 Å². The van der Waals surface area contributed by atoms with Gasteiger partial charge in [0.25, 0.3) is 0 Å². The second-order valence-electron chi connectivity index (χ2n) is 11.9. The van der Waals surface area contributed by atoms with Crippen LogP contribution in [0.25, 0.3) is 21.2 Å². The summed E-state index contributed by atoms with van der Waals surface area (Å²) in [6.45, 7) is 0.287. The van der Waals surface area contributed by atoms with Crippen LogP contribution in [-0.2, 0) is 0 Å². The Balaban J connectivity index is 1.14. The van der Waals surface area contributed by atoms with Gasteiger partial charge in [0.1, 0.15) is 0 Å². The average molecular weight is 713 g/mol. The molecule has 210 valence electrons. The first kappa shape index (κ1) is 25.8. The number of ether oxygens (including phenoxy) is 1. The fourth-order valence-electron chi connectivity index (χ4n) is 7.46. The molecular weight excluding hydrogens is 687 g/mol. The SMILES string of the molecule is c1ccc2c(c1)OC1=C(CCCC1)N2c1ccc2c(c1)[Se]c1cccc3c1B2c1cc(-c2cccc4ccsc24)ccc1[Se]3. The molecule has 0 N–H and O–H groups in total. The van der Waals surface area contributed by atoms with Crippen LogP contribution in [0.3, 0.4) is 0 Å². The van der Waals surface area contributed by atoms with E-state index < -0.39 is 0 Å². The Morgan fingerprint density at radius 1 is 0.705 bits per heavy atom. The molecule has 6 aromatic rings. The normalized spacial score (nSPS) is 16.1. The second-order valence-corrected chi connectivity index (χ2v) is 17.4. The summed E-state index contributed by atoms with van der Waals surface area (Å²) in [5.74, 6) is 2.13. The van der Waals surface area contributed by atoms with Crippen LogP contribution in [0.5, 0.6) is 5.75 Å². The molecule has 0 spiro atoms. The summed E-state index contributed by atoms with van der Waals surface area (Å²) < 4.78 is 14.0. The molecule has 0 fully saturated rings. The van der Waals surface area contributed by atoms with E-state index in [1.807, 2.05) is 11.3 Å². The van der Waals surface area contributed by atoms with E-state index in [-0.39, 0.29) is 21.7 Å². The van der Waals surface area contributed by atoms with Gasteiger partial charge in [-0.3, -0.25) is 0 Å². The van der Waals surface area contributed by atoms with E-state index in [1.165, 1.54) is 65.3 Å². The molecule has 5 aromatic carbocycles. The fourth-order valence-corrected chi connectivity index (χ4v) is 13.7. The van der Waals surface area contributed by atoms with Crippen molar-refractivity contribution < 1.29 is 4.74 Å². The van der Waals surface area contributed by atoms with Crippen molar-refractivity contribution in [3.8, 4) is 16.9 Å². The quantitative estimate of drug-likeness (QED) is 0.248. The number of fused-ring (bicyclic) bond motifs is 6. The maximum absolute atomic E-state index is 6.45. The topological polar surface area (TPSA) is 12.5 Å². The van der Waals surface area contributed by atoms with Gasteiger partial charge in [0.15, 0.2) is 0 Å². The molecule has 0 saturated heterocycles. The summed E-state index contributed by atoms with van der Waals surface area (Å²) in [5, 5.41) is 3.55. The molecule has 0 amide bonds. The van der Waals surface area contributed by atoms with Crippen LogP contribution in [0.15, 0.2) is 120 Å². The van der Waals surface area contributed by atoms with Crippen molar-refractivity contribution in [1.29, 1.82) is 0 Å². The minimum atomic E-state index is 0.260. The molecule has 3 aliphatic heterocycles. The van der Waals surface area contributed by atoms with Gasteiger partial charge in [-0.1, -0.05) is 0 Å². The molecule has 0 bridgehead atoms. The van der Waals surface area contributed by atoms with Crippen molar-refractivity contribution in [3.63, 3.8) is 0 Å². The number of thiophene rings is 1. The molecule has 4 heterocycles. The van der Waals surface area contributed by atoms with Crippen molar-refractivity contribution in [2.45, 2.75) is 25.7 Å². The van der Waals surface area contributed by atoms with Crippen molar-refractivity contribution in [3.05, 3.63) is 120 Å². The zero-order chi connectivity index (χ0) is 28.8. The van der Waals surface area contributed by atoms with Gasteiger partial charge < -0.3 is 0 Å². The van der Waals surface area contributed by atoms with Gasteiger partial charge in [-0.05, 0) is 0 Å². The van der Waals surface area contributed by atoms with Crippen LogP contribution in [0.1, 0.15) is 25.7 Å². The molecule has 0 saturated carbocycles. The van der Waals surface area contributed by atoms with Gasteiger partial charge >= 0.3 is 276 Å². The Labute approximate surface area is 274 Å². The summed E-state index contributed by atoms with van der Waals surface area (Å²) in [6.07, 6.45) is 4.50. The Morgan fingerprint density at radius 3 is 2.52 bits per heavy atom. The Hall–Kier alpha value is -3.50. The minimum absolute atomic E-state index is 0.260. The van der Waals surface area contributed by atoms with E-state index in [0.717, 1.165) is 30.0 Å². The predicted molar refractivity (Wildman–Crippen MR) is 190 cm³/mol. The van der Waals surface area contributed by atoms with Crippen LogP contribution in [0.2, 0.25) is 0 Å². The Bertz CT molecular complexity index is 2200. The van der Waals surface area contributed by atoms with Crippen LogP contribution in [-0.4, -0.2) is 36.6 Å². The third-order valence-electron chi connectivity index (χ3n) is 9.43. The summed E-state index contributed by atoms with van der Waals surface area (Å²) in [6, 6.07) is 39.3. The standard InChI is InChI=1S/C38H26BNOSSe2/c1-3-11-31-29(9-1)40(30-10-2-4-12-32(30)41-31)25-16-17-27-36(22-25)44-35-14-6-13-34-37(35)39(27)28-21-24(15-18-33(28)43-34)26-8-5-7-23-19-20-42-38(23)26/h1,3,5-9,11,13-22H,2,4,10,12H2. The Morgan fingerprint density at radius 2 is 1.57 bits per heavy atom. The van der Waals surface area contributed by atoms with Crippen molar-refractivity contribution >= 4 is 104 Å². The molecule has 0 atom stereocenters. The van der Waals surface area contributed by atoms with Crippen LogP contribution in [0, 0.1) is 0 Å². The number of hydrogen-bond donors (Lipinski definition) is 0. The van der Waals surface area contributed by atoms with Gasteiger partial charge in [0.2, 0.25) is 0 Å². The monoisotopic (exact) mass is 715 g/mol. The van der Waals surface area contributed by atoms with Gasteiger partial charge in [0.05, 0.1) is 0 Å². The fraction of sp³-hybridized carbons (Fsp3) is 0.105. The number of nitrogens with zero attached hydrogens (tertiary/aromatic N) is 1. The zero-order valence-electron chi connectivity index (χ0n) is 23.9. The van der Waals surface area contributed by atoms with Crippen LogP contribution < -0.4 is 43.9 Å². The first-order valence-corrected chi connectivity index (χ1v) is 19.6.